The second kappa shape index (κ2) is 4.42. The van der Waals surface area contributed by atoms with Crippen molar-refractivity contribution in [1.82, 2.24) is 9.97 Å². The quantitative estimate of drug-likeness (QED) is 0.505. The highest BCUT2D eigenvalue weighted by molar-refractivity contribution is 7.99. The third-order valence-corrected chi connectivity index (χ3v) is 3.01. The summed E-state index contributed by atoms with van der Waals surface area (Å²) in [5.41, 5.74) is 5.17. The number of nitrogen functional groups attached to an aromatic ring is 1. The first-order chi connectivity index (χ1) is 8.08. The number of hydrogen-bond donors (Lipinski definition) is 1. The molecule has 0 radical (unpaired) electrons. The van der Waals surface area contributed by atoms with E-state index in [2.05, 4.69) is 9.97 Å². The van der Waals surface area contributed by atoms with Crippen LogP contribution in [0.1, 0.15) is 5.76 Å². The van der Waals surface area contributed by atoms with E-state index in [1.807, 2.05) is 0 Å². The molecule has 0 saturated heterocycles. The third kappa shape index (κ3) is 2.36. The Morgan fingerprint density at radius 3 is 2.88 bits per heavy atom. The van der Waals surface area contributed by atoms with E-state index in [1.54, 1.807) is 19.3 Å². The summed E-state index contributed by atoms with van der Waals surface area (Å²) in [6.07, 6.45) is 2.65. The summed E-state index contributed by atoms with van der Waals surface area (Å²) in [7, 11) is 0. The van der Waals surface area contributed by atoms with Crippen LogP contribution in [0.15, 0.2) is 33.0 Å². The monoisotopic (exact) mass is 252 g/mol. The Labute approximate surface area is 100 Å². The molecule has 88 valence electrons. The number of nitro groups is 1. The highest BCUT2D eigenvalue weighted by Gasteiger charge is 2.15. The van der Waals surface area contributed by atoms with Gasteiger partial charge >= 0.3 is 5.69 Å². The van der Waals surface area contributed by atoms with Crippen molar-refractivity contribution in [2.24, 2.45) is 0 Å². The lowest BCUT2D eigenvalue weighted by atomic mass is 10.5. The van der Waals surface area contributed by atoms with Gasteiger partial charge in [0.15, 0.2) is 5.16 Å². The highest BCUT2D eigenvalue weighted by Crippen LogP contribution is 2.30. The Hall–Kier alpha value is -2.09. The number of furan rings is 1. The van der Waals surface area contributed by atoms with Crippen molar-refractivity contribution in [3.05, 3.63) is 34.4 Å². The lowest BCUT2D eigenvalue weighted by Gasteiger charge is -2.00. The van der Waals surface area contributed by atoms with Crippen LogP contribution in [0.4, 0.5) is 11.5 Å². The standard InChI is InChI=1S/C9H8N4O3S/c1-5-7(2-3-16-5)17-9-11-4-6(13(14)15)8(10)12-9/h2-4H,1H3,(H2,10,11,12). The number of aromatic nitrogens is 2. The van der Waals surface area contributed by atoms with E-state index in [0.717, 1.165) is 16.9 Å². The lowest BCUT2D eigenvalue weighted by molar-refractivity contribution is -0.384. The van der Waals surface area contributed by atoms with Crippen LogP contribution in [0.3, 0.4) is 0 Å². The molecule has 0 saturated carbocycles. The molecule has 2 aromatic heterocycles. The van der Waals surface area contributed by atoms with Crippen LogP contribution in [-0.2, 0) is 0 Å². The molecule has 0 aliphatic carbocycles. The first kappa shape index (κ1) is 11.4. The molecular formula is C9H8N4O3S. The molecule has 2 aromatic rings. The number of rotatable bonds is 3. The van der Waals surface area contributed by atoms with Crippen molar-refractivity contribution in [2.45, 2.75) is 17.0 Å². The molecule has 0 aliphatic rings. The maximum Gasteiger partial charge on any atom is 0.329 e. The van der Waals surface area contributed by atoms with E-state index in [1.165, 1.54) is 11.8 Å². The molecule has 2 heterocycles. The van der Waals surface area contributed by atoms with Gasteiger partial charge in [0.05, 0.1) is 16.1 Å². The summed E-state index contributed by atoms with van der Waals surface area (Å²) in [5, 5.41) is 10.9. The van der Waals surface area contributed by atoms with Crippen LogP contribution in [-0.4, -0.2) is 14.9 Å². The summed E-state index contributed by atoms with van der Waals surface area (Å²) in [4.78, 5) is 18.5. The molecule has 0 aliphatic heterocycles. The molecule has 0 fully saturated rings. The summed E-state index contributed by atoms with van der Waals surface area (Å²) in [6, 6.07) is 1.76. The van der Waals surface area contributed by atoms with Gasteiger partial charge in [-0.1, -0.05) is 0 Å². The van der Waals surface area contributed by atoms with Crippen molar-refractivity contribution in [3.63, 3.8) is 0 Å². The number of hydrogen-bond acceptors (Lipinski definition) is 7. The van der Waals surface area contributed by atoms with Crippen LogP contribution >= 0.6 is 11.8 Å². The molecule has 0 atom stereocenters. The van der Waals surface area contributed by atoms with Crippen molar-refractivity contribution in [2.75, 3.05) is 5.73 Å². The van der Waals surface area contributed by atoms with Crippen molar-refractivity contribution >= 4 is 23.3 Å². The van der Waals surface area contributed by atoms with E-state index in [9.17, 15) is 10.1 Å². The summed E-state index contributed by atoms with van der Waals surface area (Å²) < 4.78 is 5.11. The zero-order chi connectivity index (χ0) is 12.4. The van der Waals surface area contributed by atoms with Gasteiger partial charge in [0.25, 0.3) is 0 Å². The Bertz CT molecular complexity index is 569. The van der Waals surface area contributed by atoms with Gasteiger partial charge in [-0.05, 0) is 24.8 Å². The predicted molar refractivity (Wildman–Crippen MR) is 60.7 cm³/mol. The molecule has 0 spiro atoms. The van der Waals surface area contributed by atoms with Gasteiger partial charge in [-0.25, -0.2) is 4.98 Å². The largest absolute Gasteiger partial charge is 0.468 e. The zero-order valence-corrected chi connectivity index (χ0v) is 9.60. The summed E-state index contributed by atoms with van der Waals surface area (Å²) >= 11 is 1.24. The van der Waals surface area contributed by atoms with E-state index in [-0.39, 0.29) is 11.5 Å². The fourth-order valence-electron chi connectivity index (χ4n) is 1.14. The number of nitrogens with two attached hydrogens (primary N) is 1. The van der Waals surface area contributed by atoms with E-state index in [0.29, 0.717) is 5.16 Å². The van der Waals surface area contributed by atoms with Gasteiger partial charge in [0, 0.05) is 0 Å². The Kier molecular flexibility index (Phi) is 2.96. The van der Waals surface area contributed by atoms with Gasteiger partial charge in [0.1, 0.15) is 12.0 Å². The molecule has 2 rings (SSSR count). The van der Waals surface area contributed by atoms with Gasteiger partial charge in [0.2, 0.25) is 5.82 Å². The third-order valence-electron chi connectivity index (χ3n) is 1.98. The first-order valence-electron chi connectivity index (χ1n) is 4.57. The van der Waals surface area contributed by atoms with Crippen LogP contribution in [0.2, 0.25) is 0 Å². The Balaban J connectivity index is 2.27. The van der Waals surface area contributed by atoms with E-state index < -0.39 is 4.92 Å². The second-order valence-electron chi connectivity index (χ2n) is 3.12. The fraction of sp³-hybridized carbons (Fsp3) is 0.111. The normalized spacial score (nSPS) is 10.4. The molecule has 0 bridgehead atoms. The Morgan fingerprint density at radius 2 is 2.35 bits per heavy atom. The van der Waals surface area contributed by atoms with Gasteiger partial charge in [-0.3, -0.25) is 10.1 Å². The molecule has 0 amide bonds. The topological polar surface area (TPSA) is 108 Å². The maximum absolute atomic E-state index is 10.5. The smallest absolute Gasteiger partial charge is 0.329 e. The van der Waals surface area contributed by atoms with Crippen LogP contribution in [0.25, 0.3) is 0 Å². The minimum absolute atomic E-state index is 0.145. The average Bonchev–Trinajstić information content (AvgIpc) is 2.64. The Morgan fingerprint density at radius 1 is 1.59 bits per heavy atom. The highest BCUT2D eigenvalue weighted by atomic mass is 32.2. The molecule has 7 nitrogen and oxygen atoms in total. The van der Waals surface area contributed by atoms with Crippen molar-refractivity contribution < 1.29 is 9.34 Å². The first-order valence-corrected chi connectivity index (χ1v) is 5.38. The SMILES string of the molecule is Cc1occc1Sc1ncc([N+](=O)[O-])c(N)n1. The van der Waals surface area contributed by atoms with Gasteiger partial charge in [-0.15, -0.1) is 0 Å². The van der Waals surface area contributed by atoms with Crippen LogP contribution in [0, 0.1) is 17.0 Å². The zero-order valence-electron chi connectivity index (χ0n) is 8.78. The molecular weight excluding hydrogens is 244 g/mol. The van der Waals surface area contributed by atoms with E-state index in [4.69, 9.17) is 10.2 Å². The maximum atomic E-state index is 10.5. The van der Waals surface area contributed by atoms with E-state index >= 15 is 0 Å². The molecule has 17 heavy (non-hydrogen) atoms. The molecule has 0 unspecified atom stereocenters. The average molecular weight is 252 g/mol. The van der Waals surface area contributed by atoms with Crippen LogP contribution in [0.5, 0.6) is 0 Å². The lowest BCUT2D eigenvalue weighted by Crippen LogP contribution is -2.00. The minimum atomic E-state index is -0.618. The predicted octanol–water partition coefficient (Wildman–Crippen LogP) is 2.02. The summed E-state index contributed by atoms with van der Waals surface area (Å²) in [5.74, 6) is 0.587. The number of aryl methyl sites for hydroxylation is 1. The minimum Gasteiger partial charge on any atom is -0.468 e. The molecule has 8 heteroatoms. The van der Waals surface area contributed by atoms with Gasteiger partial charge < -0.3 is 10.2 Å². The van der Waals surface area contributed by atoms with Crippen LogP contribution < -0.4 is 5.73 Å². The fourth-order valence-corrected chi connectivity index (χ4v) is 1.90. The molecule has 2 N–H and O–H groups in total. The summed E-state index contributed by atoms with van der Waals surface area (Å²) in [6.45, 7) is 1.80. The molecule has 0 aromatic carbocycles. The van der Waals surface area contributed by atoms with Gasteiger partial charge in [-0.2, -0.15) is 4.98 Å². The number of anilines is 1. The van der Waals surface area contributed by atoms with Crippen molar-refractivity contribution in [1.29, 1.82) is 0 Å². The number of nitrogens with zero attached hydrogens (tertiary/aromatic N) is 3. The second-order valence-corrected chi connectivity index (χ2v) is 4.13. The van der Waals surface area contributed by atoms with Crippen molar-refractivity contribution in [3.8, 4) is 0 Å².